The van der Waals surface area contributed by atoms with E-state index in [1.165, 1.54) is 0 Å². The highest BCUT2D eigenvalue weighted by Gasteiger charge is 1.97. The van der Waals surface area contributed by atoms with Crippen LogP contribution in [0.1, 0.15) is 5.56 Å². The zero-order chi connectivity index (χ0) is 11.4. The van der Waals surface area contributed by atoms with Crippen LogP contribution in [-0.4, -0.2) is 5.11 Å². The lowest BCUT2D eigenvalue weighted by molar-refractivity contribution is 0.305. The average Bonchev–Trinajstić information content (AvgIpc) is 2.27. The summed E-state index contributed by atoms with van der Waals surface area (Å²) in [6.07, 6.45) is 0. The monoisotopic (exact) mass is 215 g/mol. The lowest BCUT2D eigenvalue weighted by Crippen LogP contribution is -1.95. The number of ether oxygens (including phenoxy) is 1. The standard InChI is InChI=1S/C13H13NO2/c14-11-4-2-6-13(8-11)16-9-10-3-1-5-12(15)7-10/h1-8,15H,9,14H2. The van der Waals surface area contributed by atoms with Crippen LogP contribution in [0.2, 0.25) is 0 Å². The highest BCUT2D eigenvalue weighted by Crippen LogP contribution is 2.17. The maximum atomic E-state index is 9.28. The number of hydrogen-bond acceptors (Lipinski definition) is 3. The van der Waals surface area contributed by atoms with Gasteiger partial charge in [0, 0.05) is 11.8 Å². The van der Waals surface area contributed by atoms with E-state index in [1.54, 1.807) is 30.3 Å². The summed E-state index contributed by atoms with van der Waals surface area (Å²) in [5.41, 5.74) is 7.23. The van der Waals surface area contributed by atoms with E-state index in [0.717, 1.165) is 11.3 Å². The smallest absolute Gasteiger partial charge is 0.121 e. The van der Waals surface area contributed by atoms with Crippen molar-refractivity contribution in [1.29, 1.82) is 0 Å². The number of rotatable bonds is 3. The van der Waals surface area contributed by atoms with Gasteiger partial charge in [0.1, 0.15) is 18.1 Å². The van der Waals surface area contributed by atoms with E-state index in [1.807, 2.05) is 18.2 Å². The molecule has 0 amide bonds. The van der Waals surface area contributed by atoms with Gasteiger partial charge in [-0.25, -0.2) is 0 Å². The fourth-order valence-corrected chi connectivity index (χ4v) is 1.42. The van der Waals surface area contributed by atoms with Gasteiger partial charge < -0.3 is 15.6 Å². The molecule has 3 nitrogen and oxygen atoms in total. The molecule has 0 atom stereocenters. The van der Waals surface area contributed by atoms with Gasteiger partial charge in [0.2, 0.25) is 0 Å². The minimum absolute atomic E-state index is 0.244. The van der Waals surface area contributed by atoms with Gasteiger partial charge in [-0.1, -0.05) is 18.2 Å². The van der Waals surface area contributed by atoms with Crippen molar-refractivity contribution < 1.29 is 9.84 Å². The van der Waals surface area contributed by atoms with E-state index < -0.39 is 0 Å². The molecule has 0 aliphatic rings. The molecule has 0 aliphatic carbocycles. The Labute approximate surface area is 94.1 Å². The highest BCUT2D eigenvalue weighted by molar-refractivity contribution is 5.43. The van der Waals surface area contributed by atoms with E-state index in [-0.39, 0.29) is 5.75 Å². The number of phenols is 1. The van der Waals surface area contributed by atoms with Crippen molar-refractivity contribution in [3.63, 3.8) is 0 Å². The number of nitrogen functional groups attached to an aromatic ring is 1. The largest absolute Gasteiger partial charge is 0.508 e. The Balaban J connectivity index is 2.02. The third-order valence-corrected chi connectivity index (χ3v) is 2.17. The zero-order valence-corrected chi connectivity index (χ0v) is 8.76. The van der Waals surface area contributed by atoms with Gasteiger partial charge >= 0.3 is 0 Å². The normalized spacial score (nSPS) is 10.0. The van der Waals surface area contributed by atoms with Gasteiger partial charge in [-0.05, 0) is 29.8 Å². The molecule has 0 aliphatic heterocycles. The Morgan fingerprint density at radius 3 is 2.62 bits per heavy atom. The van der Waals surface area contributed by atoms with Crippen molar-refractivity contribution in [3.8, 4) is 11.5 Å². The summed E-state index contributed by atoms with van der Waals surface area (Å²) in [5.74, 6) is 0.969. The first-order valence-corrected chi connectivity index (χ1v) is 5.00. The molecule has 0 bridgehead atoms. The van der Waals surface area contributed by atoms with Crippen LogP contribution in [-0.2, 0) is 6.61 Å². The van der Waals surface area contributed by atoms with Gasteiger partial charge in [0.25, 0.3) is 0 Å². The Hall–Kier alpha value is -2.16. The second-order valence-electron chi connectivity index (χ2n) is 3.53. The summed E-state index contributed by atoms with van der Waals surface area (Å²) in [7, 11) is 0. The summed E-state index contributed by atoms with van der Waals surface area (Å²) in [6, 6.07) is 14.2. The molecule has 16 heavy (non-hydrogen) atoms. The van der Waals surface area contributed by atoms with Crippen LogP contribution in [0, 0.1) is 0 Å². The van der Waals surface area contributed by atoms with Crippen molar-refractivity contribution >= 4 is 5.69 Å². The molecular formula is C13H13NO2. The summed E-state index contributed by atoms with van der Waals surface area (Å²) in [4.78, 5) is 0. The predicted molar refractivity (Wildman–Crippen MR) is 63.3 cm³/mol. The van der Waals surface area contributed by atoms with E-state index in [0.29, 0.717) is 12.3 Å². The first-order chi connectivity index (χ1) is 7.74. The Morgan fingerprint density at radius 2 is 1.88 bits per heavy atom. The van der Waals surface area contributed by atoms with E-state index in [9.17, 15) is 5.11 Å². The molecule has 0 radical (unpaired) electrons. The van der Waals surface area contributed by atoms with Crippen LogP contribution in [0.3, 0.4) is 0 Å². The number of phenolic OH excluding ortho intramolecular Hbond substituents is 1. The molecule has 0 aromatic heterocycles. The number of aromatic hydroxyl groups is 1. The van der Waals surface area contributed by atoms with E-state index >= 15 is 0 Å². The van der Waals surface area contributed by atoms with Crippen LogP contribution in [0.15, 0.2) is 48.5 Å². The fraction of sp³-hybridized carbons (Fsp3) is 0.0769. The minimum atomic E-state index is 0.244. The molecule has 3 heteroatoms. The summed E-state index contributed by atoms with van der Waals surface area (Å²) < 4.78 is 5.54. The number of nitrogens with two attached hydrogens (primary N) is 1. The molecule has 0 unspecified atom stereocenters. The Bertz CT molecular complexity index is 437. The molecule has 0 saturated heterocycles. The molecule has 2 aromatic rings. The maximum absolute atomic E-state index is 9.28. The summed E-state index contributed by atoms with van der Waals surface area (Å²) in [6.45, 7) is 0.415. The first-order valence-electron chi connectivity index (χ1n) is 5.00. The molecule has 0 saturated carbocycles. The lowest BCUT2D eigenvalue weighted by Gasteiger charge is -2.06. The lowest BCUT2D eigenvalue weighted by atomic mass is 10.2. The summed E-state index contributed by atoms with van der Waals surface area (Å²) in [5, 5.41) is 9.28. The van der Waals surface area contributed by atoms with Gasteiger partial charge in [0.15, 0.2) is 0 Å². The zero-order valence-electron chi connectivity index (χ0n) is 8.76. The van der Waals surface area contributed by atoms with Gasteiger partial charge in [-0.3, -0.25) is 0 Å². The fourth-order valence-electron chi connectivity index (χ4n) is 1.42. The van der Waals surface area contributed by atoms with Gasteiger partial charge in [-0.2, -0.15) is 0 Å². The Morgan fingerprint density at radius 1 is 1.06 bits per heavy atom. The minimum Gasteiger partial charge on any atom is -0.508 e. The quantitative estimate of drug-likeness (QED) is 0.773. The molecule has 0 spiro atoms. The van der Waals surface area contributed by atoms with Crippen LogP contribution in [0.25, 0.3) is 0 Å². The number of anilines is 1. The second kappa shape index (κ2) is 4.57. The van der Waals surface area contributed by atoms with Crippen molar-refractivity contribution in [3.05, 3.63) is 54.1 Å². The number of hydrogen-bond donors (Lipinski definition) is 2. The SMILES string of the molecule is Nc1cccc(OCc2cccc(O)c2)c1. The first kappa shape index (κ1) is 10.4. The second-order valence-corrected chi connectivity index (χ2v) is 3.53. The van der Waals surface area contributed by atoms with Gasteiger partial charge in [0.05, 0.1) is 0 Å². The third-order valence-electron chi connectivity index (χ3n) is 2.17. The molecule has 0 heterocycles. The van der Waals surface area contributed by atoms with E-state index in [4.69, 9.17) is 10.5 Å². The van der Waals surface area contributed by atoms with Crippen molar-refractivity contribution in [2.24, 2.45) is 0 Å². The van der Waals surface area contributed by atoms with Crippen molar-refractivity contribution in [1.82, 2.24) is 0 Å². The molecule has 2 aromatic carbocycles. The molecule has 0 fully saturated rings. The molecule has 2 rings (SSSR count). The van der Waals surface area contributed by atoms with E-state index in [2.05, 4.69) is 0 Å². The molecular weight excluding hydrogens is 202 g/mol. The highest BCUT2D eigenvalue weighted by atomic mass is 16.5. The predicted octanol–water partition coefficient (Wildman–Crippen LogP) is 2.55. The van der Waals surface area contributed by atoms with Gasteiger partial charge in [-0.15, -0.1) is 0 Å². The Kier molecular flexibility index (Phi) is 2.96. The van der Waals surface area contributed by atoms with Crippen LogP contribution in [0.4, 0.5) is 5.69 Å². The molecule has 3 N–H and O–H groups in total. The van der Waals surface area contributed by atoms with Crippen LogP contribution < -0.4 is 10.5 Å². The van der Waals surface area contributed by atoms with Crippen molar-refractivity contribution in [2.45, 2.75) is 6.61 Å². The van der Waals surface area contributed by atoms with Crippen LogP contribution in [0.5, 0.6) is 11.5 Å². The molecule has 82 valence electrons. The topological polar surface area (TPSA) is 55.5 Å². The summed E-state index contributed by atoms with van der Waals surface area (Å²) >= 11 is 0. The van der Waals surface area contributed by atoms with Crippen LogP contribution >= 0.6 is 0 Å². The number of benzene rings is 2. The maximum Gasteiger partial charge on any atom is 0.121 e. The average molecular weight is 215 g/mol. The van der Waals surface area contributed by atoms with Crippen molar-refractivity contribution in [2.75, 3.05) is 5.73 Å². The third kappa shape index (κ3) is 2.67.